The van der Waals surface area contributed by atoms with Crippen molar-refractivity contribution in [1.82, 2.24) is 10.3 Å². The Kier molecular flexibility index (Phi) is 5.46. The number of pyridine rings is 1. The van der Waals surface area contributed by atoms with Gasteiger partial charge in [-0.25, -0.2) is 0 Å². The molecule has 2 aromatic rings. The van der Waals surface area contributed by atoms with Gasteiger partial charge in [-0.1, -0.05) is 31.5 Å². The zero-order chi connectivity index (χ0) is 16.8. The van der Waals surface area contributed by atoms with Crippen LogP contribution in [0.2, 0.25) is 0 Å². The Labute approximate surface area is 136 Å². The third kappa shape index (κ3) is 4.64. The number of amides is 2. The molecular formula is C18H21N3O2. The molecule has 0 fully saturated rings. The summed E-state index contributed by atoms with van der Waals surface area (Å²) in [5, 5.41) is 5.58. The molecule has 2 rings (SSSR count). The molecule has 5 nitrogen and oxygen atoms in total. The van der Waals surface area contributed by atoms with Gasteiger partial charge in [0.2, 0.25) is 5.91 Å². The molecular weight excluding hydrogens is 290 g/mol. The molecule has 0 saturated heterocycles. The highest BCUT2D eigenvalue weighted by Gasteiger charge is 2.24. The second-order valence-corrected chi connectivity index (χ2v) is 5.80. The molecule has 0 radical (unpaired) electrons. The lowest BCUT2D eigenvalue weighted by atomic mass is 10.0. The lowest BCUT2D eigenvalue weighted by molar-refractivity contribution is -0.118. The van der Waals surface area contributed by atoms with Gasteiger partial charge in [-0.3, -0.25) is 14.6 Å². The molecule has 1 unspecified atom stereocenters. The monoisotopic (exact) mass is 311 g/mol. The van der Waals surface area contributed by atoms with E-state index < -0.39 is 6.04 Å². The number of anilines is 1. The summed E-state index contributed by atoms with van der Waals surface area (Å²) in [4.78, 5) is 28.8. The average Bonchev–Trinajstić information content (AvgIpc) is 2.52. The number of hydrogen-bond donors (Lipinski definition) is 2. The highest BCUT2D eigenvalue weighted by molar-refractivity contribution is 6.01. The Morgan fingerprint density at radius 2 is 1.91 bits per heavy atom. The maximum Gasteiger partial charge on any atom is 0.251 e. The van der Waals surface area contributed by atoms with Gasteiger partial charge in [0.25, 0.3) is 5.91 Å². The fraction of sp³-hybridized carbons (Fsp3) is 0.278. The molecule has 1 aromatic carbocycles. The molecule has 0 aliphatic rings. The van der Waals surface area contributed by atoms with Crippen molar-refractivity contribution in [2.45, 2.75) is 26.8 Å². The molecule has 0 saturated carbocycles. The van der Waals surface area contributed by atoms with E-state index in [4.69, 9.17) is 0 Å². The second kappa shape index (κ2) is 7.54. The number of aromatic nitrogens is 1. The molecule has 0 aliphatic heterocycles. The molecule has 0 bridgehead atoms. The third-order valence-corrected chi connectivity index (χ3v) is 3.45. The molecule has 5 heteroatoms. The predicted octanol–water partition coefficient (Wildman–Crippen LogP) is 2.78. The highest BCUT2D eigenvalue weighted by atomic mass is 16.2. The van der Waals surface area contributed by atoms with Gasteiger partial charge in [0, 0.05) is 11.8 Å². The summed E-state index contributed by atoms with van der Waals surface area (Å²) < 4.78 is 0. The van der Waals surface area contributed by atoms with Crippen LogP contribution in [0.3, 0.4) is 0 Å². The maximum absolute atomic E-state index is 12.4. The molecule has 1 heterocycles. The molecule has 0 spiro atoms. The summed E-state index contributed by atoms with van der Waals surface area (Å²) in [6.45, 7) is 5.71. The fourth-order valence-corrected chi connectivity index (χ4v) is 2.20. The smallest absolute Gasteiger partial charge is 0.251 e. The van der Waals surface area contributed by atoms with E-state index in [-0.39, 0.29) is 17.7 Å². The molecule has 1 aromatic heterocycles. The number of rotatable bonds is 5. The van der Waals surface area contributed by atoms with Gasteiger partial charge in [0.05, 0.1) is 11.9 Å². The number of carbonyl (C=O) groups excluding carboxylic acids is 2. The minimum Gasteiger partial charge on any atom is -0.340 e. The zero-order valence-corrected chi connectivity index (χ0v) is 13.5. The number of benzene rings is 1. The van der Waals surface area contributed by atoms with Crippen LogP contribution >= 0.6 is 0 Å². The van der Waals surface area contributed by atoms with Crippen LogP contribution in [0.4, 0.5) is 5.69 Å². The average molecular weight is 311 g/mol. The van der Waals surface area contributed by atoms with E-state index >= 15 is 0 Å². The van der Waals surface area contributed by atoms with Gasteiger partial charge in [-0.15, -0.1) is 0 Å². The Morgan fingerprint density at radius 3 is 2.52 bits per heavy atom. The molecule has 2 amide bonds. The molecule has 0 aliphatic carbocycles. The summed E-state index contributed by atoms with van der Waals surface area (Å²) in [6, 6.07) is 10.2. The van der Waals surface area contributed by atoms with Crippen LogP contribution in [0.15, 0.2) is 48.8 Å². The van der Waals surface area contributed by atoms with Crippen molar-refractivity contribution in [3.63, 3.8) is 0 Å². The summed E-state index contributed by atoms with van der Waals surface area (Å²) in [5.41, 5.74) is 2.15. The summed E-state index contributed by atoms with van der Waals surface area (Å²) in [5.74, 6) is -0.553. The van der Waals surface area contributed by atoms with Crippen LogP contribution < -0.4 is 10.6 Å². The van der Waals surface area contributed by atoms with Crippen molar-refractivity contribution in [2.24, 2.45) is 5.92 Å². The Bertz CT molecular complexity index is 684. The molecule has 23 heavy (non-hydrogen) atoms. The fourth-order valence-electron chi connectivity index (χ4n) is 2.20. The quantitative estimate of drug-likeness (QED) is 0.892. The SMILES string of the molecule is Cc1cccc(C(=O)NC(C(=O)Nc2cccnc2)C(C)C)c1. The van der Waals surface area contributed by atoms with Crippen molar-refractivity contribution in [2.75, 3.05) is 5.32 Å². The lowest BCUT2D eigenvalue weighted by Gasteiger charge is -2.21. The minimum atomic E-state index is -0.622. The number of aryl methyl sites for hydroxylation is 1. The van der Waals surface area contributed by atoms with Crippen LogP contribution in [0.1, 0.15) is 29.8 Å². The van der Waals surface area contributed by atoms with Crippen molar-refractivity contribution in [1.29, 1.82) is 0 Å². The second-order valence-electron chi connectivity index (χ2n) is 5.80. The molecule has 1 atom stereocenters. The van der Waals surface area contributed by atoms with E-state index in [2.05, 4.69) is 15.6 Å². The van der Waals surface area contributed by atoms with Gasteiger partial charge in [-0.05, 0) is 37.1 Å². The number of hydrogen-bond acceptors (Lipinski definition) is 3. The zero-order valence-electron chi connectivity index (χ0n) is 13.5. The van der Waals surface area contributed by atoms with Gasteiger partial charge < -0.3 is 10.6 Å². The Morgan fingerprint density at radius 1 is 1.13 bits per heavy atom. The molecule has 2 N–H and O–H groups in total. The first kappa shape index (κ1) is 16.7. The van der Waals surface area contributed by atoms with Gasteiger partial charge in [0.15, 0.2) is 0 Å². The molecule has 120 valence electrons. The topological polar surface area (TPSA) is 71.1 Å². The summed E-state index contributed by atoms with van der Waals surface area (Å²) >= 11 is 0. The van der Waals surface area contributed by atoms with Crippen LogP contribution in [0.5, 0.6) is 0 Å². The van der Waals surface area contributed by atoms with E-state index in [9.17, 15) is 9.59 Å². The van der Waals surface area contributed by atoms with Gasteiger partial charge in [0.1, 0.15) is 6.04 Å². The first-order chi connectivity index (χ1) is 11.0. The third-order valence-electron chi connectivity index (χ3n) is 3.45. The Balaban J connectivity index is 2.09. The highest BCUT2D eigenvalue weighted by Crippen LogP contribution is 2.10. The minimum absolute atomic E-state index is 0.0413. The number of nitrogens with one attached hydrogen (secondary N) is 2. The van der Waals surface area contributed by atoms with Crippen LogP contribution in [-0.4, -0.2) is 22.8 Å². The lowest BCUT2D eigenvalue weighted by Crippen LogP contribution is -2.47. The first-order valence-electron chi connectivity index (χ1n) is 7.56. The van der Waals surface area contributed by atoms with E-state index in [1.807, 2.05) is 32.9 Å². The first-order valence-corrected chi connectivity index (χ1v) is 7.56. The number of nitrogens with zero attached hydrogens (tertiary/aromatic N) is 1. The van der Waals surface area contributed by atoms with Crippen molar-refractivity contribution in [3.05, 3.63) is 59.9 Å². The van der Waals surface area contributed by atoms with E-state index in [1.165, 1.54) is 0 Å². The van der Waals surface area contributed by atoms with Crippen LogP contribution in [0, 0.1) is 12.8 Å². The largest absolute Gasteiger partial charge is 0.340 e. The maximum atomic E-state index is 12.4. The van der Waals surface area contributed by atoms with E-state index in [0.717, 1.165) is 5.56 Å². The summed E-state index contributed by atoms with van der Waals surface area (Å²) in [7, 11) is 0. The normalized spacial score (nSPS) is 11.8. The summed E-state index contributed by atoms with van der Waals surface area (Å²) in [6.07, 6.45) is 3.20. The van der Waals surface area contributed by atoms with E-state index in [0.29, 0.717) is 11.3 Å². The van der Waals surface area contributed by atoms with Crippen molar-refractivity contribution in [3.8, 4) is 0 Å². The Hall–Kier alpha value is -2.69. The standard InChI is InChI=1S/C18H21N3O2/c1-12(2)16(18(23)20-15-8-5-9-19-11-15)21-17(22)14-7-4-6-13(3)10-14/h4-12,16H,1-3H3,(H,20,23)(H,21,22). The van der Waals surface area contributed by atoms with Gasteiger partial charge >= 0.3 is 0 Å². The van der Waals surface area contributed by atoms with Crippen molar-refractivity contribution < 1.29 is 9.59 Å². The van der Waals surface area contributed by atoms with Crippen molar-refractivity contribution >= 4 is 17.5 Å². The predicted molar refractivity (Wildman–Crippen MR) is 90.1 cm³/mol. The number of carbonyl (C=O) groups is 2. The van der Waals surface area contributed by atoms with Crippen LogP contribution in [0.25, 0.3) is 0 Å². The van der Waals surface area contributed by atoms with Gasteiger partial charge in [-0.2, -0.15) is 0 Å². The van der Waals surface area contributed by atoms with E-state index in [1.54, 1.807) is 36.7 Å². The van der Waals surface area contributed by atoms with Crippen LogP contribution in [-0.2, 0) is 4.79 Å².